The molecule has 2 aromatic carbocycles. The van der Waals surface area contributed by atoms with Crippen LogP contribution < -0.4 is 16.6 Å². The van der Waals surface area contributed by atoms with Crippen molar-refractivity contribution in [2.24, 2.45) is 0 Å². The maximum Gasteiger partial charge on any atom is 0.329 e. The highest BCUT2D eigenvalue weighted by Gasteiger charge is 2.13. The predicted molar refractivity (Wildman–Crippen MR) is 118 cm³/mol. The molecule has 0 bridgehead atoms. The van der Waals surface area contributed by atoms with Crippen LogP contribution in [0.5, 0.6) is 0 Å². The molecule has 31 heavy (non-hydrogen) atoms. The first-order valence-electron chi connectivity index (χ1n) is 9.48. The smallest absolute Gasteiger partial charge is 0.329 e. The molecule has 0 aliphatic rings. The van der Waals surface area contributed by atoms with E-state index in [0.29, 0.717) is 0 Å². The standard InChI is InChI=1S/C23H18FN3O3S/c24-18-8-6-16(7-9-18)19-14-31-13-17(19)11-25-22(29)20-10-21(28)27(23(30)26-20)12-15-4-2-1-3-5-15/h1-10,13-14H,11-12H2,(H,25,29)(H,26,30). The Balaban J connectivity index is 1.49. The van der Waals surface area contributed by atoms with Gasteiger partial charge in [0.1, 0.15) is 11.5 Å². The van der Waals surface area contributed by atoms with Gasteiger partial charge in [-0.3, -0.25) is 14.2 Å². The van der Waals surface area contributed by atoms with Crippen molar-refractivity contribution in [1.29, 1.82) is 0 Å². The fraction of sp³-hybridized carbons (Fsp3) is 0.0870. The first kappa shape index (κ1) is 20.5. The SMILES string of the molecule is O=C(NCc1cscc1-c1ccc(F)cc1)c1cc(=O)n(Cc2ccccc2)c(=O)[nH]1. The normalized spacial score (nSPS) is 10.7. The molecule has 2 aromatic heterocycles. The second-order valence-electron chi connectivity index (χ2n) is 6.90. The second-order valence-corrected chi connectivity index (χ2v) is 7.64. The zero-order valence-electron chi connectivity index (χ0n) is 16.3. The van der Waals surface area contributed by atoms with Crippen LogP contribution in [0.3, 0.4) is 0 Å². The number of carbonyl (C=O) groups is 1. The first-order chi connectivity index (χ1) is 15.0. The molecule has 4 rings (SSSR count). The monoisotopic (exact) mass is 435 g/mol. The number of thiophene rings is 1. The summed E-state index contributed by atoms with van der Waals surface area (Å²) in [6.07, 6.45) is 0. The molecule has 0 radical (unpaired) electrons. The molecule has 0 unspecified atom stereocenters. The number of aromatic nitrogens is 2. The lowest BCUT2D eigenvalue weighted by Gasteiger charge is -2.09. The van der Waals surface area contributed by atoms with Crippen molar-refractivity contribution in [2.45, 2.75) is 13.1 Å². The Labute approximate surface area is 180 Å². The average molecular weight is 435 g/mol. The molecular formula is C23H18FN3O3S. The van der Waals surface area contributed by atoms with E-state index < -0.39 is 17.2 Å². The number of amides is 1. The summed E-state index contributed by atoms with van der Waals surface area (Å²) in [5.41, 5.74) is 2.07. The van der Waals surface area contributed by atoms with Gasteiger partial charge in [-0.2, -0.15) is 11.3 Å². The first-order valence-corrected chi connectivity index (χ1v) is 10.4. The number of halogens is 1. The fourth-order valence-electron chi connectivity index (χ4n) is 3.17. The van der Waals surface area contributed by atoms with Gasteiger partial charge >= 0.3 is 5.69 Å². The van der Waals surface area contributed by atoms with Gasteiger partial charge in [0, 0.05) is 12.6 Å². The summed E-state index contributed by atoms with van der Waals surface area (Å²) in [6.45, 7) is 0.316. The number of H-pyrrole nitrogens is 1. The van der Waals surface area contributed by atoms with E-state index in [0.717, 1.165) is 32.9 Å². The molecule has 4 aromatic rings. The van der Waals surface area contributed by atoms with Crippen LogP contribution >= 0.6 is 11.3 Å². The summed E-state index contributed by atoms with van der Waals surface area (Å²) in [5, 5.41) is 6.53. The van der Waals surface area contributed by atoms with Gasteiger partial charge in [-0.25, -0.2) is 9.18 Å². The largest absolute Gasteiger partial charge is 0.347 e. The highest BCUT2D eigenvalue weighted by Crippen LogP contribution is 2.27. The zero-order chi connectivity index (χ0) is 21.8. The predicted octanol–water partition coefficient (Wildman–Crippen LogP) is 3.38. The molecule has 8 heteroatoms. The maximum absolute atomic E-state index is 13.2. The van der Waals surface area contributed by atoms with Crippen molar-refractivity contribution in [3.63, 3.8) is 0 Å². The highest BCUT2D eigenvalue weighted by molar-refractivity contribution is 7.08. The summed E-state index contributed by atoms with van der Waals surface area (Å²) < 4.78 is 14.2. The quantitative estimate of drug-likeness (QED) is 0.487. The molecule has 0 saturated carbocycles. The van der Waals surface area contributed by atoms with Crippen LogP contribution in [0.15, 0.2) is 81.0 Å². The van der Waals surface area contributed by atoms with Crippen LogP contribution in [0, 0.1) is 5.82 Å². The lowest BCUT2D eigenvalue weighted by Crippen LogP contribution is -2.38. The van der Waals surface area contributed by atoms with Crippen molar-refractivity contribution in [3.05, 3.63) is 115 Å². The zero-order valence-corrected chi connectivity index (χ0v) is 17.1. The van der Waals surface area contributed by atoms with E-state index in [2.05, 4.69) is 10.3 Å². The number of nitrogens with zero attached hydrogens (tertiary/aromatic N) is 1. The van der Waals surface area contributed by atoms with Gasteiger partial charge in [0.05, 0.1) is 6.54 Å². The Morgan fingerprint density at radius 2 is 1.77 bits per heavy atom. The van der Waals surface area contributed by atoms with E-state index in [1.807, 2.05) is 41.1 Å². The topological polar surface area (TPSA) is 84.0 Å². The minimum Gasteiger partial charge on any atom is -0.347 e. The molecule has 0 atom stereocenters. The Hall–Kier alpha value is -3.78. The third-order valence-electron chi connectivity index (χ3n) is 4.79. The summed E-state index contributed by atoms with van der Waals surface area (Å²) >= 11 is 1.46. The molecule has 6 nitrogen and oxygen atoms in total. The number of aromatic amines is 1. The lowest BCUT2D eigenvalue weighted by atomic mass is 10.0. The number of benzene rings is 2. The van der Waals surface area contributed by atoms with Crippen LogP contribution in [0.25, 0.3) is 11.1 Å². The molecule has 2 N–H and O–H groups in total. The Bertz CT molecular complexity index is 1290. The molecule has 0 aliphatic carbocycles. The van der Waals surface area contributed by atoms with Gasteiger partial charge in [0.2, 0.25) is 0 Å². The molecule has 2 heterocycles. The van der Waals surface area contributed by atoms with Gasteiger partial charge in [0.15, 0.2) is 0 Å². The van der Waals surface area contributed by atoms with Crippen molar-refractivity contribution in [2.75, 3.05) is 0 Å². The van der Waals surface area contributed by atoms with E-state index in [4.69, 9.17) is 0 Å². The Kier molecular flexibility index (Phi) is 5.90. The highest BCUT2D eigenvalue weighted by atomic mass is 32.1. The van der Waals surface area contributed by atoms with Gasteiger partial charge in [-0.1, -0.05) is 42.5 Å². The van der Waals surface area contributed by atoms with Crippen molar-refractivity contribution >= 4 is 17.2 Å². The van der Waals surface area contributed by atoms with Crippen LogP contribution in [0.4, 0.5) is 4.39 Å². The number of nitrogens with one attached hydrogen (secondary N) is 2. The summed E-state index contributed by atoms with van der Waals surface area (Å²) in [4.78, 5) is 39.8. The maximum atomic E-state index is 13.2. The number of hydrogen-bond acceptors (Lipinski definition) is 4. The van der Waals surface area contributed by atoms with Crippen LogP contribution in [-0.2, 0) is 13.1 Å². The molecule has 156 valence electrons. The number of rotatable bonds is 6. The number of hydrogen-bond donors (Lipinski definition) is 2. The van der Waals surface area contributed by atoms with E-state index >= 15 is 0 Å². The van der Waals surface area contributed by atoms with Crippen LogP contribution in [0.2, 0.25) is 0 Å². The summed E-state index contributed by atoms with van der Waals surface area (Å²) in [7, 11) is 0. The van der Waals surface area contributed by atoms with Crippen LogP contribution in [-0.4, -0.2) is 15.5 Å². The van der Waals surface area contributed by atoms with Gasteiger partial charge in [-0.15, -0.1) is 0 Å². The fourth-order valence-corrected chi connectivity index (χ4v) is 4.04. The molecule has 0 saturated heterocycles. The van der Waals surface area contributed by atoms with E-state index in [1.165, 1.54) is 23.5 Å². The van der Waals surface area contributed by atoms with Gasteiger partial charge < -0.3 is 10.3 Å². The molecule has 1 amide bonds. The average Bonchev–Trinajstić information content (AvgIpc) is 3.24. The minimum atomic E-state index is -0.649. The molecular weight excluding hydrogens is 417 g/mol. The Morgan fingerprint density at radius 1 is 1.03 bits per heavy atom. The Morgan fingerprint density at radius 3 is 2.48 bits per heavy atom. The van der Waals surface area contributed by atoms with Gasteiger partial charge in [0.25, 0.3) is 11.5 Å². The summed E-state index contributed by atoms with van der Waals surface area (Å²) in [6, 6.07) is 16.3. The number of carbonyl (C=O) groups excluding carboxylic acids is 1. The molecule has 0 fully saturated rings. The lowest BCUT2D eigenvalue weighted by molar-refractivity contribution is 0.0945. The second kappa shape index (κ2) is 8.93. The van der Waals surface area contributed by atoms with E-state index in [9.17, 15) is 18.8 Å². The van der Waals surface area contributed by atoms with Gasteiger partial charge in [-0.05, 0) is 45.1 Å². The van der Waals surface area contributed by atoms with Crippen molar-refractivity contribution in [1.82, 2.24) is 14.9 Å². The van der Waals surface area contributed by atoms with Crippen molar-refractivity contribution in [3.8, 4) is 11.1 Å². The third-order valence-corrected chi connectivity index (χ3v) is 5.58. The van der Waals surface area contributed by atoms with E-state index in [-0.39, 0.29) is 24.6 Å². The molecule has 0 spiro atoms. The van der Waals surface area contributed by atoms with Crippen molar-refractivity contribution < 1.29 is 9.18 Å². The van der Waals surface area contributed by atoms with Crippen LogP contribution in [0.1, 0.15) is 21.6 Å². The minimum absolute atomic E-state index is 0.0992. The molecule has 0 aliphatic heterocycles. The third kappa shape index (κ3) is 4.70. The van der Waals surface area contributed by atoms with E-state index in [1.54, 1.807) is 12.1 Å². The summed E-state index contributed by atoms with van der Waals surface area (Å²) in [5.74, 6) is -0.878.